The van der Waals surface area contributed by atoms with Crippen LogP contribution in [0.3, 0.4) is 0 Å². The molecule has 1 atom stereocenters. The molecule has 0 amide bonds. The van der Waals surface area contributed by atoms with E-state index in [1.54, 1.807) is 35.4 Å². The summed E-state index contributed by atoms with van der Waals surface area (Å²) in [4.78, 5) is 27.3. The van der Waals surface area contributed by atoms with Crippen molar-refractivity contribution < 1.29 is 4.79 Å². The summed E-state index contributed by atoms with van der Waals surface area (Å²) in [5, 5.41) is 0. The van der Waals surface area contributed by atoms with Gasteiger partial charge in [0.1, 0.15) is 0 Å². The molecule has 1 fully saturated rings. The van der Waals surface area contributed by atoms with Gasteiger partial charge in [-0.2, -0.15) is 0 Å². The van der Waals surface area contributed by atoms with E-state index < -0.39 is 0 Å². The maximum Gasteiger partial charge on any atom is 0.225 e. The second-order valence-electron chi connectivity index (χ2n) is 5.06. The highest BCUT2D eigenvalue weighted by molar-refractivity contribution is 5.95. The van der Waals surface area contributed by atoms with E-state index in [0.29, 0.717) is 18.3 Å². The lowest BCUT2D eigenvalue weighted by atomic mass is 9.93. The second-order valence-corrected chi connectivity index (χ2v) is 5.06. The zero-order valence-electron chi connectivity index (χ0n) is 11.4. The standard InChI is InChI=1S/C14H17N5O/c1-18-9-7-15-13(18)12(20)11-4-2-8-19(10-11)14-16-5-3-6-17-14/h3,5-7,9,11H,2,4,8,10H2,1H3/t11-/m0/s1. The topological polar surface area (TPSA) is 63.9 Å². The van der Waals surface area contributed by atoms with Crippen molar-refractivity contribution in [2.75, 3.05) is 18.0 Å². The molecule has 0 aliphatic carbocycles. The van der Waals surface area contributed by atoms with Gasteiger partial charge in [0.05, 0.1) is 0 Å². The number of anilines is 1. The van der Waals surface area contributed by atoms with Crippen molar-refractivity contribution >= 4 is 11.7 Å². The van der Waals surface area contributed by atoms with E-state index >= 15 is 0 Å². The van der Waals surface area contributed by atoms with E-state index in [2.05, 4.69) is 19.9 Å². The average Bonchev–Trinajstić information content (AvgIpc) is 2.94. The molecule has 0 radical (unpaired) electrons. The summed E-state index contributed by atoms with van der Waals surface area (Å²) in [7, 11) is 1.85. The molecule has 0 aromatic carbocycles. The first-order chi connectivity index (χ1) is 9.75. The van der Waals surface area contributed by atoms with Gasteiger partial charge in [-0.3, -0.25) is 4.79 Å². The Labute approximate surface area is 117 Å². The summed E-state index contributed by atoms with van der Waals surface area (Å²) in [6.07, 6.45) is 8.79. The molecule has 1 aliphatic rings. The number of aromatic nitrogens is 4. The molecule has 3 heterocycles. The molecule has 0 saturated carbocycles. The van der Waals surface area contributed by atoms with E-state index in [-0.39, 0.29) is 11.7 Å². The third-order valence-electron chi connectivity index (χ3n) is 3.67. The Morgan fingerprint density at radius 3 is 2.75 bits per heavy atom. The van der Waals surface area contributed by atoms with Crippen molar-refractivity contribution in [3.05, 3.63) is 36.7 Å². The predicted octanol–water partition coefficient (Wildman–Crippen LogP) is 1.31. The monoisotopic (exact) mass is 271 g/mol. The number of hydrogen-bond acceptors (Lipinski definition) is 5. The van der Waals surface area contributed by atoms with Crippen LogP contribution < -0.4 is 4.90 Å². The fraction of sp³-hybridized carbons (Fsp3) is 0.429. The number of nitrogens with zero attached hydrogens (tertiary/aromatic N) is 5. The highest BCUT2D eigenvalue weighted by Crippen LogP contribution is 2.22. The molecule has 0 spiro atoms. The van der Waals surface area contributed by atoms with Crippen molar-refractivity contribution in [3.8, 4) is 0 Å². The zero-order chi connectivity index (χ0) is 13.9. The summed E-state index contributed by atoms with van der Waals surface area (Å²) in [5.41, 5.74) is 0. The maximum absolute atomic E-state index is 12.5. The Kier molecular flexibility index (Phi) is 3.45. The quantitative estimate of drug-likeness (QED) is 0.788. The summed E-state index contributed by atoms with van der Waals surface area (Å²) in [6.45, 7) is 1.56. The van der Waals surface area contributed by atoms with Gasteiger partial charge in [-0.15, -0.1) is 0 Å². The summed E-state index contributed by atoms with van der Waals surface area (Å²) in [6, 6.07) is 1.80. The largest absolute Gasteiger partial charge is 0.340 e. The highest BCUT2D eigenvalue weighted by atomic mass is 16.1. The van der Waals surface area contributed by atoms with Gasteiger partial charge in [0.25, 0.3) is 0 Å². The van der Waals surface area contributed by atoms with Crippen LogP contribution in [-0.4, -0.2) is 38.4 Å². The number of carbonyl (C=O) groups excluding carboxylic acids is 1. The molecule has 6 nitrogen and oxygen atoms in total. The van der Waals surface area contributed by atoms with Crippen LogP contribution >= 0.6 is 0 Å². The van der Waals surface area contributed by atoms with Gasteiger partial charge >= 0.3 is 0 Å². The predicted molar refractivity (Wildman–Crippen MR) is 74.5 cm³/mol. The van der Waals surface area contributed by atoms with E-state index in [1.807, 2.05) is 7.05 Å². The van der Waals surface area contributed by atoms with Gasteiger partial charge in [0, 0.05) is 50.8 Å². The summed E-state index contributed by atoms with van der Waals surface area (Å²) < 4.78 is 1.78. The Morgan fingerprint density at radius 1 is 1.25 bits per heavy atom. The van der Waals surface area contributed by atoms with Crippen molar-refractivity contribution in [3.63, 3.8) is 0 Å². The Balaban J connectivity index is 1.76. The number of ketones is 1. The van der Waals surface area contributed by atoms with Gasteiger partial charge in [-0.1, -0.05) is 0 Å². The van der Waals surface area contributed by atoms with Crippen LogP contribution in [0.1, 0.15) is 23.5 Å². The lowest BCUT2D eigenvalue weighted by molar-refractivity contribution is 0.0893. The van der Waals surface area contributed by atoms with Gasteiger partial charge in [-0.05, 0) is 18.9 Å². The molecule has 2 aromatic heterocycles. The molecule has 0 bridgehead atoms. The molecule has 20 heavy (non-hydrogen) atoms. The number of Topliss-reactive ketones (excluding diaryl/α,β-unsaturated/α-hetero) is 1. The molecule has 2 aromatic rings. The normalized spacial score (nSPS) is 19.1. The van der Waals surface area contributed by atoms with E-state index in [9.17, 15) is 4.79 Å². The molecule has 0 N–H and O–H groups in total. The Hall–Kier alpha value is -2.24. The van der Waals surface area contributed by atoms with Crippen molar-refractivity contribution in [2.45, 2.75) is 12.8 Å². The molecular weight excluding hydrogens is 254 g/mol. The van der Waals surface area contributed by atoms with Crippen molar-refractivity contribution in [2.24, 2.45) is 13.0 Å². The minimum Gasteiger partial charge on any atom is -0.340 e. The van der Waals surface area contributed by atoms with E-state index in [1.165, 1.54) is 0 Å². The molecular formula is C14H17N5O. The van der Waals surface area contributed by atoms with Gasteiger partial charge in [0.15, 0.2) is 5.82 Å². The Morgan fingerprint density at radius 2 is 2.05 bits per heavy atom. The first-order valence-corrected chi connectivity index (χ1v) is 6.79. The lowest BCUT2D eigenvalue weighted by Gasteiger charge is -2.31. The molecule has 1 aliphatic heterocycles. The van der Waals surface area contributed by atoms with E-state index in [4.69, 9.17) is 0 Å². The number of carbonyl (C=O) groups is 1. The smallest absolute Gasteiger partial charge is 0.225 e. The molecule has 3 rings (SSSR count). The number of aryl methyl sites for hydroxylation is 1. The van der Waals surface area contributed by atoms with Gasteiger partial charge in [0.2, 0.25) is 11.7 Å². The van der Waals surface area contributed by atoms with Crippen LogP contribution in [0, 0.1) is 5.92 Å². The highest BCUT2D eigenvalue weighted by Gasteiger charge is 2.29. The maximum atomic E-state index is 12.5. The fourth-order valence-corrected chi connectivity index (χ4v) is 2.61. The second kappa shape index (κ2) is 5.40. The number of piperidine rings is 1. The zero-order valence-corrected chi connectivity index (χ0v) is 11.4. The minimum atomic E-state index is -0.0337. The number of imidazole rings is 1. The van der Waals surface area contributed by atoms with Crippen LogP contribution in [-0.2, 0) is 7.05 Å². The van der Waals surface area contributed by atoms with Crippen molar-refractivity contribution in [1.29, 1.82) is 0 Å². The lowest BCUT2D eigenvalue weighted by Crippen LogP contribution is -2.40. The van der Waals surface area contributed by atoms with Gasteiger partial charge in [-0.25, -0.2) is 15.0 Å². The number of rotatable bonds is 3. The minimum absolute atomic E-state index is 0.0337. The molecule has 104 valence electrons. The average molecular weight is 271 g/mol. The first-order valence-electron chi connectivity index (χ1n) is 6.79. The van der Waals surface area contributed by atoms with Crippen molar-refractivity contribution in [1.82, 2.24) is 19.5 Å². The van der Waals surface area contributed by atoms with Crippen LogP contribution in [0.5, 0.6) is 0 Å². The SMILES string of the molecule is Cn1ccnc1C(=O)[C@H]1CCCN(c2ncccn2)C1. The van der Waals surface area contributed by atoms with Crippen LogP contribution in [0.25, 0.3) is 0 Å². The summed E-state index contributed by atoms with van der Waals surface area (Å²) >= 11 is 0. The van der Waals surface area contributed by atoms with E-state index in [0.717, 1.165) is 19.4 Å². The molecule has 1 saturated heterocycles. The van der Waals surface area contributed by atoms with Crippen LogP contribution in [0.15, 0.2) is 30.9 Å². The van der Waals surface area contributed by atoms with Crippen LogP contribution in [0.2, 0.25) is 0 Å². The molecule has 6 heteroatoms. The first kappa shape index (κ1) is 12.8. The third kappa shape index (κ3) is 2.41. The summed E-state index contributed by atoms with van der Waals surface area (Å²) in [5.74, 6) is 1.31. The van der Waals surface area contributed by atoms with Gasteiger partial charge < -0.3 is 9.47 Å². The fourth-order valence-electron chi connectivity index (χ4n) is 2.61. The third-order valence-corrected chi connectivity index (χ3v) is 3.67. The number of hydrogen-bond donors (Lipinski definition) is 0. The molecule has 0 unspecified atom stereocenters. The van der Waals surface area contributed by atoms with Crippen LogP contribution in [0.4, 0.5) is 5.95 Å². The Bertz CT molecular complexity index is 595.